The molecule has 0 aliphatic carbocycles. The van der Waals surface area contributed by atoms with Crippen LogP contribution in [0.4, 0.5) is 0 Å². The Balaban J connectivity index is 3.17. The van der Waals surface area contributed by atoms with Crippen LogP contribution in [0.2, 0.25) is 0 Å². The molecule has 1 unspecified atom stereocenters. The topological polar surface area (TPSA) is 57.2 Å². The predicted molar refractivity (Wildman–Crippen MR) is 124 cm³/mol. The van der Waals surface area contributed by atoms with Crippen molar-refractivity contribution in [3.05, 3.63) is 0 Å². The van der Waals surface area contributed by atoms with Gasteiger partial charge in [0.25, 0.3) is 0 Å². The molecule has 180 valence electrons. The summed E-state index contributed by atoms with van der Waals surface area (Å²) in [6.07, 6.45) is 1.09. The summed E-state index contributed by atoms with van der Waals surface area (Å²) in [5.41, 5.74) is -0.529. The van der Waals surface area contributed by atoms with Crippen LogP contribution in [0.5, 0.6) is 0 Å². The zero-order chi connectivity index (χ0) is 23.4. The van der Waals surface area contributed by atoms with Crippen LogP contribution in [0.1, 0.15) is 82.6 Å². The van der Waals surface area contributed by atoms with E-state index < -0.39 is 13.4 Å². The normalized spacial score (nSPS) is 22.7. The molecule has 0 aromatic carbocycles. The van der Waals surface area contributed by atoms with Gasteiger partial charge in [0, 0.05) is 18.1 Å². The van der Waals surface area contributed by atoms with Crippen LogP contribution in [0, 0.1) is 22.7 Å². The summed E-state index contributed by atoms with van der Waals surface area (Å²) in [5, 5.41) is 1.88. The summed E-state index contributed by atoms with van der Waals surface area (Å²) in [4.78, 5) is 6.48. The summed E-state index contributed by atoms with van der Waals surface area (Å²) in [6.45, 7) is 25.6. The van der Waals surface area contributed by atoms with E-state index in [1.807, 2.05) is 18.9 Å². The minimum Gasteiger partial charge on any atom is -0.381 e. The first-order valence-electron chi connectivity index (χ1n) is 11.4. The van der Waals surface area contributed by atoms with E-state index in [0.29, 0.717) is 38.3 Å². The molecule has 7 heteroatoms. The molecule has 0 amide bonds. The standard InChI is InChI=1S/C23H48NO5P/c1-12-28-30(25,29-13-2)20(22(6,7)8)24(23(9,10)11)27-17-19-16-26-15-18(19)14-21(3,4)5/h18-20H,12-17H2,1-11H3/t18-,19-,20?/m1/s1. The average molecular weight is 450 g/mol. The third kappa shape index (κ3) is 8.18. The molecule has 1 aliphatic rings. The SMILES string of the molecule is CCOP(=O)(OCC)C(N(OC[C@H]1COC[C@H]1CC(C)(C)C)C(C)(C)C)C(C)(C)C. The second-order valence-electron chi connectivity index (χ2n) is 11.7. The molecular formula is C23H48NO5P. The molecule has 30 heavy (non-hydrogen) atoms. The van der Waals surface area contributed by atoms with Gasteiger partial charge < -0.3 is 13.8 Å². The predicted octanol–water partition coefficient (Wildman–Crippen LogP) is 6.36. The molecule has 1 aliphatic heterocycles. The number of hydrogen-bond acceptors (Lipinski definition) is 6. The van der Waals surface area contributed by atoms with Gasteiger partial charge in [-0.15, -0.1) is 0 Å². The van der Waals surface area contributed by atoms with Crippen molar-refractivity contribution < 1.29 is 23.2 Å². The van der Waals surface area contributed by atoms with Crippen molar-refractivity contribution in [3.63, 3.8) is 0 Å². The molecule has 0 aromatic heterocycles. The lowest BCUT2D eigenvalue weighted by molar-refractivity contribution is -0.246. The first kappa shape index (κ1) is 28.1. The van der Waals surface area contributed by atoms with Crippen LogP contribution in [-0.4, -0.2) is 49.4 Å². The van der Waals surface area contributed by atoms with Crippen molar-refractivity contribution in [3.8, 4) is 0 Å². The van der Waals surface area contributed by atoms with Crippen molar-refractivity contribution in [2.45, 2.75) is 93.9 Å². The van der Waals surface area contributed by atoms with E-state index in [2.05, 4.69) is 62.3 Å². The Morgan fingerprint density at radius 1 is 0.933 bits per heavy atom. The van der Waals surface area contributed by atoms with Gasteiger partial charge >= 0.3 is 7.60 Å². The number of hydroxylamine groups is 2. The third-order valence-electron chi connectivity index (χ3n) is 5.21. The highest BCUT2D eigenvalue weighted by atomic mass is 31.2. The fourth-order valence-corrected chi connectivity index (χ4v) is 6.83. The van der Waals surface area contributed by atoms with Crippen molar-refractivity contribution in [1.29, 1.82) is 0 Å². The Labute approximate surface area is 185 Å². The molecule has 1 heterocycles. The monoisotopic (exact) mass is 449 g/mol. The van der Waals surface area contributed by atoms with E-state index in [0.717, 1.165) is 13.0 Å². The minimum atomic E-state index is -3.44. The van der Waals surface area contributed by atoms with Crippen LogP contribution < -0.4 is 0 Å². The first-order valence-corrected chi connectivity index (χ1v) is 13.0. The highest BCUT2D eigenvalue weighted by Crippen LogP contribution is 2.60. The molecule has 0 spiro atoms. The van der Waals surface area contributed by atoms with Crippen LogP contribution in [0.3, 0.4) is 0 Å². The van der Waals surface area contributed by atoms with Gasteiger partial charge in [-0.05, 0) is 57.8 Å². The van der Waals surface area contributed by atoms with Crippen molar-refractivity contribution >= 4 is 7.60 Å². The van der Waals surface area contributed by atoms with Gasteiger partial charge in [0.1, 0.15) is 5.78 Å². The maximum absolute atomic E-state index is 13.9. The van der Waals surface area contributed by atoms with Gasteiger partial charge in [0.05, 0.1) is 26.4 Å². The van der Waals surface area contributed by atoms with Gasteiger partial charge in [-0.25, -0.2) is 0 Å². The lowest BCUT2D eigenvalue weighted by atomic mass is 9.80. The maximum atomic E-state index is 13.9. The molecule has 3 atom stereocenters. The number of hydrogen-bond donors (Lipinski definition) is 0. The molecule has 0 saturated carbocycles. The highest BCUT2D eigenvalue weighted by molar-refractivity contribution is 7.54. The smallest absolute Gasteiger partial charge is 0.350 e. The molecule has 0 N–H and O–H groups in total. The fraction of sp³-hybridized carbons (Fsp3) is 1.00. The molecular weight excluding hydrogens is 401 g/mol. The molecule has 6 nitrogen and oxygen atoms in total. The number of nitrogens with zero attached hydrogens (tertiary/aromatic N) is 1. The zero-order valence-electron chi connectivity index (χ0n) is 21.4. The van der Waals surface area contributed by atoms with Crippen LogP contribution >= 0.6 is 7.60 Å². The molecule has 1 fully saturated rings. The first-order chi connectivity index (χ1) is 13.5. The van der Waals surface area contributed by atoms with Crippen LogP contribution in [0.15, 0.2) is 0 Å². The van der Waals surface area contributed by atoms with Crippen LogP contribution in [0.25, 0.3) is 0 Å². The van der Waals surface area contributed by atoms with E-state index in [-0.39, 0.29) is 16.4 Å². The second kappa shape index (κ2) is 10.8. The third-order valence-corrected chi connectivity index (χ3v) is 8.03. The lowest BCUT2D eigenvalue weighted by Gasteiger charge is -2.47. The number of rotatable bonds is 10. The maximum Gasteiger partial charge on any atom is 0.350 e. The van der Waals surface area contributed by atoms with Gasteiger partial charge in [-0.3, -0.25) is 9.40 Å². The van der Waals surface area contributed by atoms with Crippen LogP contribution in [-0.2, 0) is 23.2 Å². The molecule has 0 aromatic rings. The van der Waals surface area contributed by atoms with Crippen molar-refractivity contribution in [2.24, 2.45) is 22.7 Å². The van der Waals surface area contributed by atoms with Crippen molar-refractivity contribution in [2.75, 3.05) is 33.0 Å². The molecule has 0 radical (unpaired) electrons. The van der Waals surface area contributed by atoms with Gasteiger partial charge in [0.15, 0.2) is 0 Å². The summed E-state index contributed by atoms with van der Waals surface area (Å²) >= 11 is 0. The molecule has 0 bridgehead atoms. The lowest BCUT2D eigenvalue weighted by Crippen LogP contribution is -2.54. The van der Waals surface area contributed by atoms with E-state index in [1.54, 1.807) is 0 Å². The van der Waals surface area contributed by atoms with Gasteiger partial charge in [0.2, 0.25) is 0 Å². The minimum absolute atomic E-state index is 0.244. The Morgan fingerprint density at radius 2 is 1.43 bits per heavy atom. The highest BCUT2D eigenvalue weighted by Gasteiger charge is 2.51. The summed E-state index contributed by atoms with van der Waals surface area (Å²) in [6, 6.07) is 0. The van der Waals surface area contributed by atoms with E-state index in [9.17, 15) is 4.57 Å². The van der Waals surface area contributed by atoms with E-state index >= 15 is 0 Å². The summed E-state index contributed by atoms with van der Waals surface area (Å²) in [7, 11) is -3.44. The molecule has 1 saturated heterocycles. The molecule has 1 rings (SSSR count). The Kier molecular flexibility index (Phi) is 10.1. The zero-order valence-corrected chi connectivity index (χ0v) is 22.3. The van der Waals surface area contributed by atoms with E-state index in [1.165, 1.54) is 0 Å². The van der Waals surface area contributed by atoms with E-state index in [4.69, 9.17) is 18.6 Å². The summed E-state index contributed by atoms with van der Waals surface area (Å²) < 4.78 is 31.3. The Hall–Kier alpha value is 0.0300. The van der Waals surface area contributed by atoms with Gasteiger partial charge in [-0.1, -0.05) is 41.5 Å². The summed E-state index contributed by atoms with van der Waals surface area (Å²) in [5.74, 6) is 0.243. The fourth-order valence-electron chi connectivity index (χ4n) is 4.14. The van der Waals surface area contributed by atoms with Crippen molar-refractivity contribution in [1.82, 2.24) is 5.06 Å². The number of ether oxygens (including phenoxy) is 1. The van der Waals surface area contributed by atoms with Gasteiger partial charge in [-0.2, -0.15) is 5.06 Å². The quantitative estimate of drug-likeness (QED) is 0.286. The Morgan fingerprint density at radius 3 is 1.83 bits per heavy atom. The largest absolute Gasteiger partial charge is 0.381 e. The Bertz CT molecular complexity index is 551. The second-order valence-corrected chi connectivity index (χ2v) is 13.8. The average Bonchev–Trinajstić information content (AvgIpc) is 2.94.